The molecule has 2 N–H and O–H groups in total. The highest BCUT2D eigenvalue weighted by Gasteiger charge is 2.00. The molecule has 0 atom stereocenters. The lowest BCUT2D eigenvalue weighted by Gasteiger charge is -2.04. The molecule has 0 aliphatic rings. The Balaban J connectivity index is 2.21. The van der Waals surface area contributed by atoms with E-state index in [0.717, 1.165) is 30.4 Å². The molecule has 15 heavy (non-hydrogen) atoms. The molecule has 2 rings (SSSR count). The lowest BCUT2D eigenvalue weighted by Crippen LogP contribution is -2.02. The smallest absolute Gasteiger partial charge is 0.0481 e. The molecular weight excluding hydrogens is 252 g/mol. The van der Waals surface area contributed by atoms with Gasteiger partial charge in [0, 0.05) is 28.1 Å². The van der Waals surface area contributed by atoms with E-state index < -0.39 is 0 Å². The Morgan fingerprint density at radius 3 is 2.87 bits per heavy atom. The third-order valence-electron chi connectivity index (χ3n) is 2.59. The predicted octanol–water partition coefficient (Wildman–Crippen LogP) is 3.14. The van der Waals surface area contributed by atoms with Gasteiger partial charge in [-0.15, -0.1) is 0 Å². The van der Waals surface area contributed by atoms with E-state index in [9.17, 15) is 0 Å². The number of aryl methyl sites for hydroxylation is 1. The minimum Gasteiger partial charge on any atom is -0.347 e. The molecule has 2 aromatic rings. The summed E-state index contributed by atoms with van der Waals surface area (Å²) in [4.78, 5) is 0. The molecule has 1 aromatic heterocycles. The minimum absolute atomic E-state index is 0.782. The van der Waals surface area contributed by atoms with Crippen molar-refractivity contribution in [3.8, 4) is 0 Å². The molecule has 0 unspecified atom stereocenters. The highest BCUT2D eigenvalue weighted by Crippen LogP contribution is 2.21. The van der Waals surface area contributed by atoms with Gasteiger partial charge in [0.2, 0.25) is 0 Å². The van der Waals surface area contributed by atoms with Crippen LogP contribution in [0.25, 0.3) is 10.9 Å². The largest absolute Gasteiger partial charge is 0.347 e. The molecule has 3 heteroatoms. The van der Waals surface area contributed by atoms with Crippen LogP contribution in [0.5, 0.6) is 0 Å². The Labute approximate surface area is 98.2 Å². The van der Waals surface area contributed by atoms with Gasteiger partial charge in [0.25, 0.3) is 0 Å². The third kappa shape index (κ3) is 2.41. The average Bonchev–Trinajstić information content (AvgIpc) is 2.61. The van der Waals surface area contributed by atoms with Crippen molar-refractivity contribution in [3.05, 3.63) is 34.9 Å². The number of aromatic nitrogens is 1. The van der Waals surface area contributed by atoms with Crippen molar-refractivity contribution >= 4 is 26.8 Å². The number of halogens is 1. The van der Waals surface area contributed by atoms with E-state index in [1.54, 1.807) is 0 Å². The van der Waals surface area contributed by atoms with Crippen LogP contribution in [0.3, 0.4) is 0 Å². The highest BCUT2D eigenvalue weighted by atomic mass is 79.9. The van der Waals surface area contributed by atoms with E-state index >= 15 is 0 Å². The van der Waals surface area contributed by atoms with Crippen LogP contribution in [-0.4, -0.2) is 11.1 Å². The molecule has 1 aromatic carbocycles. The molecule has 0 spiro atoms. The number of nitrogens with two attached hydrogens (primary N) is 1. The molecule has 0 aliphatic heterocycles. The molecule has 0 radical (unpaired) electrons. The van der Waals surface area contributed by atoms with Crippen LogP contribution in [0.2, 0.25) is 0 Å². The van der Waals surface area contributed by atoms with Gasteiger partial charge in [-0.25, -0.2) is 0 Å². The molecule has 0 saturated heterocycles. The Bertz CT molecular complexity index is 448. The van der Waals surface area contributed by atoms with Crippen molar-refractivity contribution in [1.29, 1.82) is 0 Å². The molecular formula is C12H15BrN2. The first-order valence-corrected chi connectivity index (χ1v) is 6.05. The second kappa shape index (κ2) is 4.81. The summed E-state index contributed by atoms with van der Waals surface area (Å²) in [6.45, 7) is 1.84. The minimum atomic E-state index is 0.782. The average molecular weight is 267 g/mol. The van der Waals surface area contributed by atoms with E-state index in [-0.39, 0.29) is 0 Å². The van der Waals surface area contributed by atoms with Crippen molar-refractivity contribution < 1.29 is 0 Å². The van der Waals surface area contributed by atoms with Crippen LogP contribution in [0.1, 0.15) is 12.8 Å². The maximum atomic E-state index is 5.49. The van der Waals surface area contributed by atoms with Gasteiger partial charge in [0.15, 0.2) is 0 Å². The Morgan fingerprint density at radius 2 is 2.07 bits per heavy atom. The molecule has 0 saturated carbocycles. The molecule has 0 aliphatic carbocycles. The lowest BCUT2D eigenvalue weighted by atomic mass is 10.2. The van der Waals surface area contributed by atoms with Crippen LogP contribution >= 0.6 is 15.9 Å². The van der Waals surface area contributed by atoms with Crippen LogP contribution in [0.4, 0.5) is 0 Å². The normalized spacial score (nSPS) is 11.1. The first-order chi connectivity index (χ1) is 7.31. The van der Waals surface area contributed by atoms with Gasteiger partial charge < -0.3 is 10.3 Å². The number of hydrogen-bond donors (Lipinski definition) is 1. The van der Waals surface area contributed by atoms with Crippen molar-refractivity contribution in [2.24, 2.45) is 5.73 Å². The fourth-order valence-corrected chi connectivity index (χ4v) is 2.17. The van der Waals surface area contributed by atoms with Crippen LogP contribution in [-0.2, 0) is 6.54 Å². The van der Waals surface area contributed by atoms with Crippen LogP contribution < -0.4 is 5.73 Å². The topological polar surface area (TPSA) is 30.9 Å². The van der Waals surface area contributed by atoms with E-state index in [1.807, 2.05) is 0 Å². The second-order valence-corrected chi connectivity index (χ2v) is 4.62. The quantitative estimate of drug-likeness (QED) is 0.848. The maximum Gasteiger partial charge on any atom is 0.0481 e. The summed E-state index contributed by atoms with van der Waals surface area (Å²) in [5, 5.41) is 1.29. The highest BCUT2D eigenvalue weighted by molar-refractivity contribution is 9.10. The van der Waals surface area contributed by atoms with E-state index in [0.29, 0.717) is 0 Å². The monoisotopic (exact) mass is 266 g/mol. The van der Waals surface area contributed by atoms with E-state index in [4.69, 9.17) is 5.73 Å². The number of nitrogens with zero attached hydrogens (tertiary/aromatic N) is 1. The zero-order chi connectivity index (χ0) is 10.7. The number of unbranched alkanes of at least 4 members (excludes halogenated alkanes) is 1. The molecule has 0 bridgehead atoms. The van der Waals surface area contributed by atoms with Gasteiger partial charge in [-0.2, -0.15) is 0 Å². The zero-order valence-electron chi connectivity index (χ0n) is 8.62. The molecule has 80 valence electrons. The summed E-state index contributed by atoms with van der Waals surface area (Å²) >= 11 is 3.48. The summed E-state index contributed by atoms with van der Waals surface area (Å²) in [6, 6.07) is 8.54. The lowest BCUT2D eigenvalue weighted by molar-refractivity contribution is 0.630. The van der Waals surface area contributed by atoms with Gasteiger partial charge in [0.1, 0.15) is 0 Å². The first-order valence-electron chi connectivity index (χ1n) is 5.26. The summed E-state index contributed by atoms with van der Waals surface area (Å²) in [6.07, 6.45) is 4.39. The number of hydrogen-bond acceptors (Lipinski definition) is 1. The van der Waals surface area contributed by atoms with Crippen molar-refractivity contribution in [2.45, 2.75) is 19.4 Å². The molecule has 2 nitrogen and oxygen atoms in total. The molecule has 0 fully saturated rings. The number of rotatable bonds is 4. The predicted molar refractivity (Wildman–Crippen MR) is 67.9 cm³/mol. The summed E-state index contributed by atoms with van der Waals surface area (Å²) in [5.74, 6) is 0. The van der Waals surface area contributed by atoms with Gasteiger partial charge in [-0.05, 0) is 43.7 Å². The van der Waals surface area contributed by atoms with Crippen LogP contribution in [0.15, 0.2) is 34.9 Å². The summed E-state index contributed by atoms with van der Waals surface area (Å²) in [7, 11) is 0. The SMILES string of the molecule is NCCCCn1ccc2cc(Br)ccc21. The Hall–Kier alpha value is -0.800. The van der Waals surface area contributed by atoms with Crippen molar-refractivity contribution in [1.82, 2.24) is 4.57 Å². The Morgan fingerprint density at radius 1 is 1.20 bits per heavy atom. The first kappa shape index (κ1) is 10.7. The summed E-state index contributed by atoms with van der Waals surface area (Å²) in [5.41, 5.74) is 6.79. The van der Waals surface area contributed by atoms with Gasteiger partial charge in [-0.1, -0.05) is 15.9 Å². The number of benzene rings is 1. The van der Waals surface area contributed by atoms with Gasteiger partial charge in [-0.3, -0.25) is 0 Å². The van der Waals surface area contributed by atoms with Gasteiger partial charge in [0.05, 0.1) is 0 Å². The van der Waals surface area contributed by atoms with Crippen LogP contribution in [0, 0.1) is 0 Å². The molecule has 0 amide bonds. The fourth-order valence-electron chi connectivity index (χ4n) is 1.79. The zero-order valence-corrected chi connectivity index (χ0v) is 10.2. The summed E-state index contributed by atoms with van der Waals surface area (Å²) < 4.78 is 3.42. The van der Waals surface area contributed by atoms with E-state index in [1.165, 1.54) is 10.9 Å². The third-order valence-corrected chi connectivity index (χ3v) is 3.08. The number of fused-ring (bicyclic) bond motifs is 1. The molecule has 1 heterocycles. The fraction of sp³-hybridized carbons (Fsp3) is 0.333. The Kier molecular flexibility index (Phi) is 3.44. The van der Waals surface area contributed by atoms with Crippen molar-refractivity contribution in [2.75, 3.05) is 6.54 Å². The second-order valence-electron chi connectivity index (χ2n) is 3.71. The standard InChI is InChI=1S/C12H15BrN2/c13-11-3-4-12-10(9-11)5-8-15(12)7-2-1-6-14/h3-5,8-9H,1-2,6-7,14H2. The maximum absolute atomic E-state index is 5.49. The van der Waals surface area contributed by atoms with E-state index in [2.05, 4.69) is 51.0 Å². The van der Waals surface area contributed by atoms with Gasteiger partial charge >= 0.3 is 0 Å². The van der Waals surface area contributed by atoms with Crippen molar-refractivity contribution in [3.63, 3.8) is 0 Å².